The van der Waals surface area contributed by atoms with Gasteiger partial charge in [0.05, 0.1) is 6.54 Å². The summed E-state index contributed by atoms with van der Waals surface area (Å²) in [6.45, 7) is 2.90. The third kappa shape index (κ3) is 3.63. The Kier molecular flexibility index (Phi) is 4.26. The molecular formula is C14H16BrNO. The summed E-state index contributed by atoms with van der Waals surface area (Å²) >= 11 is 3.29. The number of rotatable bonds is 5. The minimum absolute atomic E-state index is 0.707. The van der Waals surface area contributed by atoms with Crippen LogP contribution in [-0.2, 0) is 13.0 Å². The Labute approximate surface area is 110 Å². The predicted molar refractivity (Wildman–Crippen MR) is 74.2 cm³/mol. The van der Waals surface area contributed by atoms with Gasteiger partial charge in [-0.2, -0.15) is 0 Å². The van der Waals surface area contributed by atoms with E-state index >= 15 is 0 Å². The summed E-state index contributed by atoms with van der Waals surface area (Å²) in [4.78, 5) is 0. The maximum Gasteiger partial charge on any atom is 0.169 e. The van der Waals surface area contributed by atoms with Crippen molar-refractivity contribution in [2.45, 2.75) is 26.3 Å². The molecule has 0 bridgehead atoms. The average Bonchev–Trinajstić information content (AvgIpc) is 2.75. The van der Waals surface area contributed by atoms with E-state index in [0.29, 0.717) is 6.54 Å². The minimum Gasteiger partial charge on any atom is -0.452 e. The van der Waals surface area contributed by atoms with E-state index in [1.165, 1.54) is 12.0 Å². The summed E-state index contributed by atoms with van der Waals surface area (Å²) in [6, 6.07) is 12.4. The van der Waals surface area contributed by atoms with E-state index in [1.54, 1.807) is 0 Å². The van der Waals surface area contributed by atoms with Gasteiger partial charge in [-0.05, 0) is 52.2 Å². The second-order valence-electron chi connectivity index (χ2n) is 4.01. The number of benzene rings is 1. The molecule has 1 heterocycles. The molecule has 2 aromatic rings. The van der Waals surface area contributed by atoms with Crippen LogP contribution in [0.3, 0.4) is 0 Å². The molecule has 0 atom stereocenters. The zero-order valence-corrected chi connectivity index (χ0v) is 11.5. The molecule has 1 aromatic heterocycles. The lowest BCUT2D eigenvalue weighted by Gasteiger charge is -2.05. The highest BCUT2D eigenvalue weighted by Crippen LogP contribution is 2.16. The van der Waals surface area contributed by atoms with Crippen LogP contribution in [0.25, 0.3) is 0 Å². The van der Waals surface area contributed by atoms with Crippen LogP contribution in [0.15, 0.2) is 45.5 Å². The maximum absolute atomic E-state index is 5.42. The molecule has 0 saturated heterocycles. The van der Waals surface area contributed by atoms with Crippen molar-refractivity contribution in [2.24, 2.45) is 0 Å². The lowest BCUT2D eigenvalue weighted by atomic mass is 10.1. The summed E-state index contributed by atoms with van der Waals surface area (Å²) in [6.07, 6.45) is 2.33. The van der Waals surface area contributed by atoms with Gasteiger partial charge >= 0.3 is 0 Å². The average molecular weight is 294 g/mol. The molecule has 2 rings (SSSR count). The predicted octanol–water partition coefficient (Wildman–Crippen LogP) is 4.61. The SMILES string of the molecule is CCCc1ccc(NCc2ccc(Br)o2)cc1. The fraction of sp³-hybridized carbons (Fsp3) is 0.286. The molecule has 3 heteroatoms. The molecule has 0 radical (unpaired) electrons. The smallest absolute Gasteiger partial charge is 0.169 e. The van der Waals surface area contributed by atoms with E-state index in [9.17, 15) is 0 Å². The van der Waals surface area contributed by atoms with Gasteiger partial charge < -0.3 is 9.73 Å². The molecule has 0 spiro atoms. The molecule has 0 aliphatic carbocycles. The highest BCUT2D eigenvalue weighted by Gasteiger charge is 1.99. The number of halogens is 1. The molecule has 17 heavy (non-hydrogen) atoms. The second kappa shape index (κ2) is 5.92. The third-order valence-electron chi connectivity index (χ3n) is 2.59. The number of hydrogen-bond donors (Lipinski definition) is 1. The summed E-state index contributed by atoms with van der Waals surface area (Å²) in [5.74, 6) is 0.925. The second-order valence-corrected chi connectivity index (χ2v) is 4.79. The quantitative estimate of drug-likeness (QED) is 0.871. The number of furan rings is 1. The lowest BCUT2D eigenvalue weighted by Crippen LogP contribution is -1.97. The Morgan fingerprint density at radius 3 is 2.47 bits per heavy atom. The number of aryl methyl sites for hydroxylation is 1. The molecule has 0 amide bonds. The molecule has 0 fully saturated rings. The van der Waals surface area contributed by atoms with Crippen LogP contribution in [0, 0.1) is 0 Å². The molecule has 2 nitrogen and oxygen atoms in total. The van der Waals surface area contributed by atoms with Crippen LogP contribution in [0.1, 0.15) is 24.7 Å². The van der Waals surface area contributed by atoms with Gasteiger partial charge in [0.2, 0.25) is 0 Å². The van der Waals surface area contributed by atoms with Crippen molar-refractivity contribution in [3.05, 3.63) is 52.4 Å². The highest BCUT2D eigenvalue weighted by molar-refractivity contribution is 9.10. The standard InChI is InChI=1S/C14H16BrNO/c1-2-3-11-4-6-12(7-5-11)16-10-13-8-9-14(15)17-13/h4-9,16H,2-3,10H2,1H3. The summed E-state index contributed by atoms with van der Waals surface area (Å²) < 4.78 is 6.19. The van der Waals surface area contributed by atoms with Crippen LogP contribution in [0.5, 0.6) is 0 Å². The molecule has 1 N–H and O–H groups in total. The van der Waals surface area contributed by atoms with Crippen LogP contribution in [0.4, 0.5) is 5.69 Å². The summed E-state index contributed by atoms with van der Waals surface area (Å²) in [5, 5.41) is 3.33. The molecule has 1 aromatic carbocycles. The Bertz CT molecular complexity index is 461. The minimum atomic E-state index is 0.707. The first-order valence-electron chi connectivity index (χ1n) is 5.85. The van der Waals surface area contributed by atoms with Crippen molar-refractivity contribution in [1.29, 1.82) is 0 Å². The normalized spacial score (nSPS) is 10.5. The van der Waals surface area contributed by atoms with E-state index in [0.717, 1.165) is 22.5 Å². The first-order chi connectivity index (χ1) is 8.28. The molecule has 0 saturated carbocycles. The van der Waals surface area contributed by atoms with Crippen molar-refractivity contribution >= 4 is 21.6 Å². The third-order valence-corrected chi connectivity index (χ3v) is 3.01. The first-order valence-corrected chi connectivity index (χ1v) is 6.64. The van der Waals surface area contributed by atoms with Crippen molar-refractivity contribution in [3.8, 4) is 0 Å². The zero-order valence-electron chi connectivity index (χ0n) is 9.87. The Morgan fingerprint density at radius 1 is 1.12 bits per heavy atom. The maximum atomic E-state index is 5.42. The number of anilines is 1. The van der Waals surface area contributed by atoms with Gasteiger partial charge in [-0.3, -0.25) is 0 Å². The van der Waals surface area contributed by atoms with Crippen LogP contribution >= 0.6 is 15.9 Å². The Hall–Kier alpha value is -1.22. The van der Waals surface area contributed by atoms with Crippen molar-refractivity contribution in [3.63, 3.8) is 0 Å². The van der Waals surface area contributed by atoms with Crippen molar-refractivity contribution in [2.75, 3.05) is 5.32 Å². The topological polar surface area (TPSA) is 25.2 Å². The van der Waals surface area contributed by atoms with E-state index in [1.807, 2.05) is 12.1 Å². The van der Waals surface area contributed by atoms with Gasteiger partial charge in [0.1, 0.15) is 5.76 Å². The molecule has 0 aliphatic rings. The summed E-state index contributed by atoms with van der Waals surface area (Å²) in [7, 11) is 0. The van der Waals surface area contributed by atoms with Gasteiger partial charge in [-0.25, -0.2) is 0 Å². The molecule has 0 unspecified atom stereocenters. The Morgan fingerprint density at radius 2 is 1.88 bits per heavy atom. The monoisotopic (exact) mass is 293 g/mol. The molecule has 0 aliphatic heterocycles. The number of nitrogens with one attached hydrogen (secondary N) is 1. The molecule has 90 valence electrons. The first kappa shape index (κ1) is 12.2. The lowest BCUT2D eigenvalue weighted by molar-refractivity contribution is 0.495. The van der Waals surface area contributed by atoms with Gasteiger partial charge in [0.15, 0.2) is 4.67 Å². The van der Waals surface area contributed by atoms with E-state index < -0.39 is 0 Å². The van der Waals surface area contributed by atoms with Crippen LogP contribution in [0.2, 0.25) is 0 Å². The number of hydrogen-bond acceptors (Lipinski definition) is 2. The van der Waals surface area contributed by atoms with Gasteiger partial charge in [-0.1, -0.05) is 25.5 Å². The zero-order chi connectivity index (χ0) is 12.1. The fourth-order valence-electron chi connectivity index (χ4n) is 1.71. The highest BCUT2D eigenvalue weighted by atomic mass is 79.9. The fourth-order valence-corrected chi connectivity index (χ4v) is 2.05. The van der Waals surface area contributed by atoms with Gasteiger partial charge in [-0.15, -0.1) is 0 Å². The largest absolute Gasteiger partial charge is 0.452 e. The molecular weight excluding hydrogens is 278 g/mol. The van der Waals surface area contributed by atoms with E-state index in [-0.39, 0.29) is 0 Å². The van der Waals surface area contributed by atoms with E-state index in [4.69, 9.17) is 4.42 Å². The van der Waals surface area contributed by atoms with Crippen LogP contribution in [-0.4, -0.2) is 0 Å². The van der Waals surface area contributed by atoms with Crippen molar-refractivity contribution < 1.29 is 4.42 Å². The van der Waals surface area contributed by atoms with Gasteiger partial charge in [0.25, 0.3) is 0 Å². The summed E-state index contributed by atoms with van der Waals surface area (Å²) in [5.41, 5.74) is 2.51. The van der Waals surface area contributed by atoms with E-state index in [2.05, 4.69) is 52.4 Å². The van der Waals surface area contributed by atoms with Gasteiger partial charge in [0, 0.05) is 5.69 Å². The van der Waals surface area contributed by atoms with Crippen LogP contribution < -0.4 is 5.32 Å². The Balaban J connectivity index is 1.90. The van der Waals surface area contributed by atoms with Crippen molar-refractivity contribution in [1.82, 2.24) is 0 Å².